The Bertz CT molecular complexity index is 1330. The molecular weight excluding hydrogens is 416 g/mol. The number of hydrogen-bond acceptors (Lipinski definition) is 5. The van der Waals surface area contributed by atoms with Crippen LogP contribution in [0.15, 0.2) is 78.9 Å². The number of ketones is 1. The van der Waals surface area contributed by atoms with Gasteiger partial charge in [0.1, 0.15) is 11.4 Å². The standard InChI is InChI=1S/C27H22N2O4/c1-17-9-11-21(12-10-17)27(30)23-18(2)28-25(20-7-5-4-6-8-20)26(29(31)32)24(23)19-13-15-22(33-3)16-14-19/h4-16H,1-3H3. The fourth-order valence-corrected chi connectivity index (χ4v) is 3.84. The number of nitrogens with zero attached hydrogens (tertiary/aromatic N) is 2. The van der Waals surface area contributed by atoms with E-state index in [9.17, 15) is 14.9 Å². The van der Waals surface area contributed by atoms with Crippen molar-refractivity contribution in [1.82, 2.24) is 4.98 Å². The molecule has 6 nitrogen and oxygen atoms in total. The molecule has 4 rings (SSSR count). The highest BCUT2D eigenvalue weighted by molar-refractivity contribution is 6.15. The molecule has 0 fully saturated rings. The molecule has 4 aromatic rings. The summed E-state index contributed by atoms with van der Waals surface area (Å²) in [5.41, 5.74) is 3.53. The van der Waals surface area contributed by atoms with Gasteiger partial charge < -0.3 is 4.74 Å². The number of benzene rings is 3. The molecule has 0 saturated heterocycles. The van der Waals surface area contributed by atoms with Crippen molar-refractivity contribution in [3.05, 3.63) is 111 Å². The third-order valence-corrected chi connectivity index (χ3v) is 5.50. The van der Waals surface area contributed by atoms with Crippen LogP contribution in [0.5, 0.6) is 5.75 Å². The van der Waals surface area contributed by atoms with Crippen LogP contribution in [0, 0.1) is 24.0 Å². The molecule has 1 heterocycles. The summed E-state index contributed by atoms with van der Waals surface area (Å²) in [4.78, 5) is 30.1. The number of carbonyl (C=O) groups is 1. The Labute approximate surface area is 191 Å². The zero-order chi connectivity index (χ0) is 23.5. The Kier molecular flexibility index (Phi) is 6.00. The Morgan fingerprint density at radius 3 is 2.09 bits per heavy atom. The Morgan fingerprint density at radius 2 is 1.52 bits per heavy atom. The quantitative estimate of drug-likeness (QED) is 0.204. The van der Waals surface area contributed by atoms with Gasteiger partial charge >= 0.3 is 5.69 Å². The zero-order valence-electron chi connectivity index (χ0n) is 18.5. The molecule has 33 heavy (non-hydrogen) atoms. The maximum absolute atomic E-state index is 13.6. The number of hydrogen-bond donors (Lipinski definition) is 0. The van der Waals surface area contributed by atoms with E-state index in [-0.39, 0.29) is 28.3 Å². The van der Waals surface area contributed by atoms with E-state index in [1.165, 1.54) is 0 Å². The molecule has 0 aliphatic heterocycles. The lowest BCUT2D eigenvalue weighted by Crippen LogP contribution is -2.11. The summed E-state index contributed by atoms with van der Waals surface area (Å²) in [5, 5.41) is 12.4. The summed E-state index contributed by atoms with van der Waals surface area (Å²) in [7, 11) is 1.55. The smallest absolute Gasteiger partial charge is 0.304 e. The summed E-state index contributed by atoms with van der Waals surface area (Å²) in [5.74, 6) is 0.301. The summed E-state index contributed by atoms with van der Waals surface area (Å²) in [6.45, 7) is 3.65. The summed E-state index contributed by atoms with van der Waals surface area (Å²) in [6.07, 6.45) is 0. The molecule has 0 N–H and O–H groups in total. The minimum absolute atomic E-state index is 0.201. The van der Waals surface area contributed by atoms with Crippen molar-refractivity contribution in [3.63, 3.8) is 0 Å². The average Bonchev–Trinajstić information content (AvgIpc) is 2.84. The van der Waals surface area contributed by atoms with E-state index in [1.807, 2.05) is 25.1 Å². The van der Waals surface area contributed by atoms with Gasteiger partial charge in [0.2, 0.25) is 0 Å². The normalized spacial score (nSPS) is 10.6. The first-order chi connectivity index (χ1) is 15.9. The molecular formula is C27H22N2O4. The molecule has 0 bridgehead atoms. The number of aryl methyl sites for hydroxylation is 2. The van der Waals surface area contributed by atoms with Gasteiger partial charge in [0.15, 0.2) is 5.78 Å². The molecule has 0 amide bonds. The van der Waals surface area contributed by atoms with Gasteiger partial charge in [-0.1, -0.05) is 72.3 Å². The van der Waals surface area contributed by atoms with Crippen LogP contribution < -0.4 is 4.74 Å². The topological polar surface area (TPSA) is 82.3 Å². The molecule has 3 aromatic carbocycles. The van der Waals surface area contributed by atoms with E-state index in [1.54, 1.807) is 74.7 Å². The summed E-state index contributed by atoms with van der Waals surface area (Å²) in [6, 6.07) is 23.0. The van der Waals surface area contributed by atoms with Crippen LogP contribution in [0.2, 0.25) is 0 Å². The first-order valence-electron chi connectivity index (χ1n) is 10.4. The molecule has 0 radical (unpaired) electrons. The van der Waals surface area contributed by atoms with Crippen molar-refractivity contribution in [1.29, 1.82) is 0 Å². The Hall–Kier alpha value is -4.32. The van der Waals surface area contributed by atoms with Crippen LogP contribution in [-0.2, 0) is 0 Å². The third-order valence-electron chi connectivity index (χ3n) is 5.50. The average molecular weight is 438 g/mol. The zero-order valence-corrected chi connectivity index (χ0v) is 18.5. The highest BCUT2D eigenvalue weighted by atomic mass is 16.6. The van der Waals surface area contributed by atoms with Gasteiger partial charge in [-0.05, 0) is 31.5 Å². The van der Waals surface area contributed by atoms with Crippen LogP contribution in [0.1, 0.15) is 27.2 Å². The van der Waals surface area contributed by atoms with Gasteiger partial charge in [0.05, 0.1) is 28.9 Å². The molecule has 0 spiro atoms. The van der Waals surface area contributed by atoms with Gasteiger partial charge in [0, 0.05) is 11.1 Å². The second-order valence-corrected chi connectivity index (χ2v) is 7.69. The molecule has 0 atom stereocenters. The van der Waals surface area contributed by atoms with Gasteiger partial charge in [0.25, 0.3) is 0 Å². The maximum Gasteiger partial charge on any atom is 0.304 e. The lowest BCUT2D eigenvalue weighted by atomic mass is 9.89. The number of methoxy groups -OCH3 is 1. The fourth-order valence-electron chi connectivity index (χ4n) is 3.84. The van der Waals surface area contributed by atoms with E-state index in [0.717, 1.165) is 5.56 Å². The Morgan fingerprint density at radius 1 is 0.879 bits per heavy atom. The monoisotopic (exact) mass is 438 g/mol. The van der Waals surface area contributed by atoms with E-state index >= 15 is 0 Å². The first-order valence-corrected chi connectivity index (χ1v) is 10.4. The van der Waals surface area contributed by atoms with E-state index in [4.69, 9.17) is 4.74 Å². The SMILES string of the molecule is COc1ccc(-c2c(C(=O)c3ccc(C)cc3)c(C)nc(-c3ccccc3)c2[N+](=O)[O-])cc1. The van der Waals surface area contributed by atoms with Crippen LogP contribution in [0.4, 0.5) is 5.69 Å². The fraction of sp³-hybridized carbons (Fsp3) is 0.111. The highest BCUT2D eigenvalue weighted by Gasteiger charge is 2.31. The third kappa shape index (κ3) is 4.23. The van der Waals surface area contributed by atoms with Crippen LogP contribution in [-0.4, -0.2) is 22.8 Å². The Balaban J connectivity index is 2.07. The predicted octanol–water partition coefficient (Wildman–Crippen LogP) is 6.18. The van der Waals surface area contributed by atoms with Crippen molar-refractivity contribution < 1.29 is 14.5 Å². The van der Waals surface area contributed by atoms with E-state index in [0.29, 0.717) is 28.1 Å². The summed E-state index contributed by atoms with van der Waals surface area (Å²) < 4.78 is 5.24. The van der Waals surface area contributed by atoms with Gasteiger partial charge in [-0.3, -0.25) is 14.9 Å². The van der Waals surface area contributed by atoms with Crippen LogP contribution in [0.3, 0.4) is 0 Å². The number of aromatic nitrogens is 1. The maximum atomic E-state index is 13.6. The molecule has 0 aliphatic rings. The number of rotatable bonds is 6. The van der Waals surface area contributed by atoms with Crippen molar-refractivity contribution in [2.24, 2.45) is 0 Å². The molecule has 0 aliphatic carbocycles. The molecule has 164 valence electrons. The lowest BCUT2D eigenvalue weighted by molar-refractivity contribution is -0.383. The molecule has 1 aromatic heterocycles. The second-order valence-electron chi connectivity index (χ2n) is 7.69. The molecule has 0 saturated carbocycles. The van der Waals surface area contributed by atoms with Crippen LogP contribution in [0.25, 0.3) is 22.4 Å². The van der Waals surface area contributed by atoms with Gasteiger partial charge in [-0.2, -0.15) is 0 Å². The van der Waals surface area contributed by atoms with Gasteiger partial charge in [-0.15, -0.1) is 0 Å². The molecule has 6 heteroatoms. The van der Waals surface area contributed by atoms with Crippen molar-refractivity contribution in [2.75, 3.05) is 7.11 Å². The number of ether oxygens (including phenoxy) is 1. The van der Waals surface area contributed by atoms with Crippen LogP contribution >= 0.6 is 0 Å². The van der Waals surface area contributed by atoms with E-state index < -0.39 is 4.92 Å². The molecule has 0 unspecified atom stereocenters. The largest absolute Gasteiger partial charge is 0.497 e. The van der Waals surface area contributed by atoms with Gasteiger partial charge in [-0.25, -0.2) is 4.98 Å². The number of nitro groups is 1. The van der Waals surface area contributed by atoms with E-state index in [2.05, 4.69) is 4.98 Å². The number of carbonyl (C=O) groups excluding carboxylic acids is 1. The minimum atomic E-state index is -0.458. The minimum Gasteiger partial charge on any atom is -0.497 e. The predicted molar refractivity (Wildman–Crippen MR) is 128 cm³/mol. The van der Waals surface area contributed by atoms with Crippen molar-refractivity contribution in [3.8, 4) is 28.1 Å². The first kappa shape index (κ1) is 21.9. The number of pyridine rings is 1. The second kappa shape index (κ2) is 9.04. The summed E-state index contributed by atoms with van der Waals surface area (Å²) >= 11 is 0. The van der Waals surface area contributed by atoms with Crippen molar-refractivity contribution in [2.45, 2.75) is 13.8 Å². The lowest BCUT2D eigenvalue weighted by Gasteiger charge is -2.16. The highest BCUT2D eigenvalue weighted by Crippen LogP contribution is 2.42. The van der Waals surface area contributed by atoms with Crippen molar-refractivity contribution >= 4 is 11.5 Å².